The molecule has 0 spiro atoms. The highest BCUT2D eigenvalue weighted by atomic mass is 16.6. The number of benzene rings is 1. The summed E-state index contributed by atoms with van der Waals surface area (Å²) in [6.07, 6.45) is 0. The van der Waals surface area contributed by atoms with Gasteiger partial charge in [-0.15, -0.1) is 0 Å². The van der Waals surface area contributed by atoms with Crippen LogP contribution in [0.15, 0.2) is 12.1 Å². The molecule has 1 aromatic rings. The molecule has 4 heteroatoms. The quantitative estimate of drug-likeness (QED) is 0.581. The molecule has 0 saturated heterocycles. The van der Waals surface area contributed by atoms with Crippen LogP contribution in [0, 0.1) is 10.1 Å². The first kappa shape index (κ1) is 14.5. The Hall–Kier alpha value is -1.58. The third-order valence-corrected chi connectivity index (χ3v) is 2.90. The van der Waals surface area contributed by atoms with Crippen molar-refractivity contribution < 1.29 is 9.66 Å². The van der Waals surface area contributed by atoms with E-state index in [1.54, 1.807) is 6.07 Å². The zero-order valence-corrected chi connectivity index (χ0v) is 11.7. The average Bonchev–Trinajstić information content (AvgIpc) is 2.27. The van der Waals surface area contributed by atoms with Crippen LogP contribution in [0.1, 0.15) is 57.6 Å². The lowest BCUT2D eigenvalue weighted by Crippen LogP contribution is -2.07. The number of rotatable bonds is 5. The van der Waals surface area contributed by atoms with Crippen molar-refractivity contribution in [3.8, 4) is 5.75 Å². The molecule has 0 radical (unpaired) electrons. The maximum absolute atomic E-state index is 11.3. The summed E-state index contributed by atoms with van der Waals surface area (Å²) in [7, 11) is 0. The van der Waals surface area contributed by atoms with Crippen molar-refractivity contribution in [3.05, 3.63) is 33.4 Å². The molecule has 1 aromatic carbocycles. The van der Waals surface area contributed by atoms with E-state index >= 15 is 0 Å². The van der Waals surface area contributed by atoms with Gasteiger partial charge in [-0.25, -0.2) is 0 Å². The van der Waals surface area contributed by atoms with Crippen LogP contribution >= 0.6 is 0 Å². The van der Waals surface area contributed by atoms with Crippen molar-refractivity contribution in [1.29, 1.82) is 0 Å². The van der Waals surface area contributed by atoms with Crippen molar-refractivity contribution in [2.45, 2.75) is 46.5 Å². The fourth-order valence-corrected chi connectivity index (χ4v) is 2.17. The number of nitrogens with zero attached hydrogens (tertiary/aromatic N) is 1. The van der Waals surface area contributed by atoms with E-state index in [9.17, 15) is 10.1 Å². The van der Waals surface area contributed by atoms with Crippen LogP contribution in [-0.4, -0.2) is 11.5 Å². The van der Waals surface area contributed by atoms with Gasteiger partial charge in [-0.3, -0.25) is 10.1 Å². The molecule has 0 heterocycles. The van der Waals surface area contributed by atoms with Gasteiger partial charge in [0.2, 0.25) is 0 Å². The van der Waals surface area contributed by atoms with Crippen molar-refractivity contribution in [2.75, 3.05) is 6.61 Å². The van der Waals surface area contributed by atoms with Gasteiger partial charge in [-0.2, -0.15) is 0 Å². The molecule has 0 atom stereocenters. The molecule has 0 aromatic heterocycles. The maximum atomic E-state index is 11.3. The SMILES string of the molecule is CCOc1ccc(C(C)C)c(C(C)C)c1[N+](=O)[O-]. The van der Waals surface area contributed by atoms with Gasteiger partial charge in [0.05, 0.1) is 11.5 Å². The summed E-state index contributed by atoms with van der Waals surface area (Å²) >= 11 is 0. The normalized spacial score (nSPS) is 11.1. The van der Waals surface area contributed by atoms with E-state index in [2.05, 4.69) is 0 Å². The van der Waals surface area contributed by atoms with Crippen molar-refractivity contribution in [2.24, 2.45) is 0 Å². The maximum Gasteiger partial charge on any atom is 0.314 e. The highest BCUT2D eigenvalue weighted by molar-refractivity contribution is 5.58. The summed E-state index contributed by atoms with van der Waals surface area (Å²) in [5.41, 5.74) is 1.94. The minimum absolute atomic E-state index is 0.100. The molecule has 0 N–H and O–H groups in total. The Labute approximate surface area is 108 Å². The zero-order valence-electron chi connectivity index (χ0n) is 11.7. The Kier molecular flexibility index (Phi) is 4.70. The molecular formula is C14H21NO3. The largest absolute Gasteiger partial charge is 0.487 e. The van der Waals surface area contributed by atoms with Crippen LogP contribution < -0.4 is 4.74 Å². The fraction of sp³-hybridized carbons (Fsp3) is 0.571. The van der Waals surface area contributed by atoms with Gasteiger partial charge in [-0.1, -0.05) is 33.8 Å². The van der Waals surface area contributed by atoms with Gasteiger partial charge in [0, 0.05) is 5.56 Å². The van der Waals surface area contributed by atoms with Crippen LogP contribution in [0.2, 0.25) is 0 Å². The first-order valence-electron chi connectivity index (χ1n) is 6.34. The van der Waals surface area contributed by atoms with Crippen molar-refractivity contribution in [1.82, 2.24) is 0 Å². The van der Waals surface area contributed by atoms with Crippen LogP contribution in [0.3, 0.4) is 0 Å². The summed E-state index contributed by atoms with van der Waals surface area (Å²) in [5, 5.41) is 11.3. The van der Waals surface area contributed by atoms with Crippen LogP contribution in [-0.2, 0) is 0 Å². The smallest absolute Gasteiger partial charge is 0.314 e. The number of hydrogen-bond acceptors (Lipinski definition) is 3. The summed E-state index contributed by atoms with van der Waals surface area (Å²) in [6.45, 7) is 10.3. The molecule has 0 fully saturated rings. The molecule has 0 amide bonds. The summed E-state index contributed by atoms with van der Waals surface area (Å²) < 4.78 is 5.38. The molecule has 0 bridgehead atoms. The summed E-state index contributed by atoms with van der Waals surface area (Å²) in [5.74, 6) is 0.732. The number of ether oxygens (including phenoxy) is 1. The van der Waals surface area contributed by atoms with Crippen molar-refractivity contribution >= 4 is 5.69 Å². The predicted octanol–water partition coefficient (Wildman–Crippen LogP) is 4.24. The van der Waals surface area contributed by atoms with E-state index in [0.29, 0.717) is 12.4 Å². The average molecular weight is 251 g/mol. The van der Waals surface area contributed by atoms with Crippen molar-refractivity contribution in [3.63, 3.8) is 0 Å². The zero-order chi connectivity index (χ0) is 13.9. The van der Waals surface area contributed by atoms with Crippen LogP contribution in [0.25, 0.3) is 0 Å². The molecule has 0 aliphatic heterocycles. The van der Waals surface area contributed by atoms with Gasteiger partial charge in [0.1, 0.15) is 0 Å². The lowest BCUT2D eigenvalue weighted by molar-refractivity contribution is -0.386. The molecule has 0 aliphatic rings. The van der Waals surface area contributed by atoms with Gasteiger partial charge in [-0.05, 0) is 30.4 Å². The second kappa shape index (κ2) is 5.85. The van der Waals surface area contributed by atoms with E-state index in [0.717, 1.165) is 11.1 Å². The molecule has 0 saturated carbocycles. The van der Waals surface area contributed by atoms with Gasteiger partial charge in [0.25, 0.3) is 0 Å². The first-order chi connectivity index (χ1) is 8.40. The summed E-state index contributed by atoms with van der Waals surface area (Å²) in [6, 6.07) is 3.65. The molecular weight excluding hydrogens is 230 g/mol. The minimum atomic E-state index is -0.327. The van der Waals surface area contributed by atoms with E-state index in [1.807, 2.05) is 40.7 Å². The molecule has 4 nitrogen and oxygen atoms in total. The Bertz CT molecular complexity index is 439. The fourth-order valence-electron chi connectivity index (χ4n) is 2.17. The topological polar surface area (TPSA) is 52.4 Å². The highest BCUT2D eigenvalue weighted by Gasteiger charge is 2.27. The third kappa shape index (κ3) is 2.81. The lowest BCUT2D eigenvalue weighted by atomic mass is 9.89. The molecule has 0 aliphatic carbocycles. The standard InChI is InChI=1S/C14H21NO3/c1-6-18-12-8-7-11(9(2)3)13(10(4)5)14(12)15(16)17/h7-10H,6H2,1-5H3. The van der Waals surface area contributed by atoms with E-state index < -0.39 is 0 Å². The molecule has 100 valence electrons. The minimum Gasteiger partial charge on any atom is -0.487 e. The Morgan fingerprint density at radius 3 is 2.22 bits per heavy atom. The second-order valence-electron chi connectivity index (χ2n) is 4.91. The Morgan fingerprint density at radius 1 is 1.22 bits per heavy atom. The van der Waals surface area contributed by atoms with Crippen LogP contribution in [0.4, 0.5) is 5.69 Å². The number of nitro groups is 1. The third-order valence-electron chi connectivity index (χ3n) is 2.90. The van der Waals surface area contributed by atoms with Gasteiger partial charge >= 0.3 is 5.69 Å². The first-order valence-corrected chi connectivity index (χ1v) is 6.34. The molecule has 18 heavy (non-hydrogen) atoms. The van der Waals surface area contributed by atoms with E-state index in [1.165, 1.54) is 0 Å². The lowest BCUT2D eigenvalue weighted by Gasteiger charge is -2.17. The summed E-state index contributed by atoms with van der Waals surface area (Å²) in [4.78, 5) is 11.0. The Morgan fingerprint density at radius 2 is 1.83 bits per heavy atom. The predicted molar refractivity (Wildman–Crippen MR) is 72.4 cm³/mol. The van der Waals surface area contributed by atoms with E-state index in [4.69, 9.17) is 4.74 Å². The molecule has 1 rings (SSSR count). The van der Waals surface area contributed by atoms with Crippen LogP contribution in [0.5, 0.6) is 5.75 Å². The highest BCUT2D eigenvalue weighted by Crippen LogP contribution is 2.40. The number of hydrogen-bond donors (Lipinski definition) is 0. The van der Waals surface area contributed by atoms with E-state index in [-0.39, 0.29) is 22.4 Å². The number of nitro benzene ring substituents is 1. The Balaban J connectivity index is 3.54. The monoisotopic (exact) mass is 251 g/mol. The molecule has 0 unspecified atom stereocenters. The van der Waals surface area contributed by atoms with Gasteiger partial charge in [0.15, 0.2) is 5.75 Å². The van der Waals surface area contributed by atoms with Gasteiger partial charge < -0.3 is 4.74 Å². The second-order valence-corrected chi connectivity index (χ2v) is 4.91.